The summed E-state index contributed by atoms with van der Waals surface area (Å²) in [4.78, 5) is 23.2. The van der Waals surface area contributed by atoms with E-state index in [4.69, 9.17) is 16.3 Å². The van der Waals surface area contributed by atoms with Crippen molar-refractivity contribution in [2.24, 2.45) is 0 Å². The number of amides is 1. The number of ether oxygens (including phenoxy) is 1. The predicted octanol–water partition coefficient (Wildman–Crippen LogP) is 5.42. The summed E-state index contributed by atoms with van der Waals surface area (Å²) in [5.41, 5.74) is 3.50. The van der Waals surface area contributed by atoms with E-state index in [2.05, 4.69) is 33.0 Å². The smallest absolute Gasteiger partial charge is 0.262 e. The lowest BCUT2D eigenvalue weighted by molar-refractivity contribution is -0.118. The summed E-state index contributed by atoms with van der Waals surface area (Å²) in [5.74, 6) is 0.690. The minimum atomic E-state index is -0.254. The van der Waals surface area contributed by atoms with E-state index in [-0.39, 0.29) is 24.3 Å². The Hall–Kier alpha value is -2.33. The predicted molar refractivity (Wildman–Crippen MR) is 106 cm³/mol. The fourth-order valence-electron chi connectivity index (χ4n) is 2.72. The molecule has 0 aliphatic heterocycles. The molecule has 138 valence electrons. The second kappa shape index (κ2) is 8.86. The van der Waals surface area contributed by atoms with Gasteiger partial charge in [0.15, 0.2) is 6.61 Å². The second-order valence-corrected chi connectivity index (χ2v) is 7.17. The van der Waals surface area contributed by atoms with E-state index in [1.807, 2.05) is 18.2 Å². The van der Waals surface area contributed by atoms with E-state index in [1.165, 1.54) is 6.07 Å². The molecule has 0 saturated heterocycles. The van der Waals surface area contributed by atoms with Gasteiger partial charge in [0.2, 0.25) is 0 Å². The Morgan fingerprint density at radius 1 is 1.12 bits per heavy atom. The zero-order valence-corrected chi connectivity index (χ0v) is 16.3. The molecule has 26 heavy (non-hydrogen) atoms. The number of rotatable bonds is 7. The molecule has 1 amide bonds. The average molecular weight is 374 g/mol. The molecule has 2 aromatic carbocycles. The maximum atomic E-state index is 12.4. The van der Waals surface area contributed by atoms with Crippen LogP contribution in [0.2, 0.25) is 5.02 Å². The highest BCUT2D eigenvalue weighted by molar-refractivity contribution is 6.32. The number of aldehydes is 1. The molecule has 0 unspecified atom stereocenters. The van der Waals surface area contributed by atoms with E-state index in [1.54, 1.807) is 12.1 Å². The first-order chi connectivity index (χ1) is 12.3. The van der Waals surface area contributed by atoms with Gasteiger partial charge in [-0.05, 0) is 41.2 Å². The standard InChI is InChI=1S/C21H24ClNO3/c1-13(2)16-6-5-7-17(14(3)4)21(16)23-20(25)12-26-19-9-8-15(11-24)10-18(19)22/h5-11,13-14H,12H2,1-4H3,(H,23,25). The largest absolute Gasteiger partial charge is 0.482 e. The molecule has 0 spiro atoms. The normalized spacial score (nSPS) is 10.9. The third-order valence-corrected chi connectivity index (χ3v) is 4.38. The number of hydrogen-bond acceptors (Lipinski definition) is 3. The highest BCUT2D eigenvalue weighted by Gasteiger charge is 2.16. The summed E-state index contributed by atoms with van der Waals surface area (Å²) in [7, 11) is 0. The molecule has 0 heterocycles. The van der Waals surface area contributed by atoms with Gasteiger partial charge < -0.3 is 10.1 Å². The Labute approximate surface area is 159 Å². The topological polar surface area (TPSA) is 55.4 Å². The summed E-state index contributed by atoms with van der Waals surface area (Å²) in [5, 5.41) is 3.29. The number of carbonyl (C=O) groups is 2. The Bertz CT molecular complexity index is 774. The van der Waals surface area contributed by atoms with E-state index in [0.717, 1.165) is 16.8 Å². The Morgan fingerprint density at radius 2 is 1.73 bits per heavy atom. The molecule has 0 radical (unpaired) electrons. The van der Waals surface area contributed by atoms with Crippen molar-refractivity contribution in [3.8, 4) is 5.75 Å². The van der Waals surface area contributed by atoms with Crippen LogP contribution in [0, 0.1) is 0 Å². The van der Waals surface area contributed by atoms with Gasteiger partial charge in [0.05, 0.1) is 5.02 Å². The molecule has 0 aliphatic carbocycles. The van der Waals surface area contributed by atoms with Crippen molar-refractivity contribution in [2.45, 2.75) is 39.5 Å². The monoisotopic (exact) mass is 373 g/mol. The van der Waals surface area contributed by atoms with Crippen molar-refractivity contribution in [3.63, 3.8) is 0 Å². The van der Waals surface area contributed by atoms with Crippen LogP contribution >= 0.6 is 11.6 Å². The van der Waals surface area contributed by atoms with Crippen molar-refractivity contribution in [3.05, 3.63) is 58.1 Å². The molecule has 0 aromatic heterocycles. The number of halogens is 1. The third-order valence-electron chi connectivity index (χ3n) is 4.09. The summed E-state index contributed by atoms with van der Waals surface area (Å²) >= 11 is 6.07. The summed E-state index contributed by atoms with van der Waals surface area (Å²) in [6.07, 6.45) is 0.707. The van der Waals surface area contributed by atoms with Gasteiger partial charge in [0.25, 0.3) is 5.91 Å². The van der Waals surface area contributed by atoms with Gasteiger partial charge >= 0.3 is 0 Å². The fourth-order valence-corrected chi connectivity index (χ4v) is 2.97. The molecule has 0 saturated carbocycles. The van der Waals surface area contributed by atoms with Crippen molar-refractivity contribution in [1.29, 1.82) is 0 Å². The summed E-state index contributed by atoms with van der Waals surface area (Å²) in [6, 6.07) is 10.8. The second-order valence-electron chi connectivity index (χ2n) is 6.77. The van der Waals surface area contributed by atoms with Gasteiger partial charge in [-0.2, -0.15) is 0 Å². The molecule has 1 N–H and O–H groups in total. The Morgan fingerprint density at radius 3 is 2.23 bits per heavy atom. The zero-order valence-electron chi connectivity index (χ0n) is 15.5. The molecule has 0 bridgehead atoms. The Balaban J connectivity index is 2.14. The van der Waals surface area contributed by atoms with Gasteiger partial charge in [0.1, 0.15) is 12.0 Å². The van der Waals surface area contributed by atoms with Crippen LogP contribution in [0.3, 0.4) is 0 Å². The molecule has 0 aliphatic rings. The van der Waals surface area contributed by atoms with Crippen LogP contribution in [-0.4, -0.2) is 18.8 Å². The SMILES string of the molecule is CC(C)c1cccc(C(C)C)c1NC(=O)COc1ccc(C=O)cc1Cl. The molecule has 2 rings (SSSR count). The molecule has 4 nitrogen and oxygen atoms in total. The highest BCUT2D eigenvalue weighted by atomic mass is 35.5. The van der Waals surface area contributed by atoms with Gasteiger partial charge in [-0.1, -0.05) is 57.5 Å². The van der Waals surface area contributed by atoms with E-state index in [9.17, 15) is 9.59 Å². The number of nitrogens with one attached hydrogen (secondary N) is 1. The number of para-hydroxylation sites is 1. The van der Waals surface area contributed by atoms with Gasteiger partial charge in [-0.15, -0.1) is 0 Å². The molecule has 0 fully saturated rings. The van der Waals surface area contributed by atoms with Gasteiger partial charge in [0, 0.05) is 11.3 Å². The molecule has 2 aromatic rings. The lowest BCUT2D eigenvalue weighted by atomic mass is 9.92. The van der Waals surface area contributed by atoms with Crippen molar-refractivity contribution in [2.75, 3.05) is 11.9 Å². The first-order valence-corrected chi connectivity index (χ1v) is 9.01. The van der Waals surface area contributed by atoms with Crippen LogP contribution in [-0.2, 0) is 4.79 Å². The molecular weight excluding hydrogens is 350 g/mol. The van der Waals surface area contributed by atoms with Crippen molar-refractivity contribution in [1.82, 2.24) is 0 Å². The van der Waals surface area contributed by atoms with Crippen LogP contribution in [0.4, 0.5) is 5.69 Å². The van der Waals surface area contributed by atoms with Gasteiger partial charge in [-0.3, -0.25) is 9.59 Å². The van der Waals surface area contributed by atoms with E-state index in [0.29, 0.717) is 22.6 Å². The van der Waals surface area contributed by atoms with E-state index >= 15 is 0 Å². The highest BCUT2D eigenvalue weighted by Crippen LogP contribution is 2.32. The number of benzene rings is 2. The van der Waals surface area contributed by atoms with Crippen LogP contribution < -0.4 is 10.1 Å². The summed E-state index contributed by atoms with van der Waals surface area (Å²) < 4.78 is 5.51. The lowest BCUT2D eigenvalue weighted by Crippen LogP contribution is -2.22. The number of anilines is 1. The van der Waals surface area contributed by atoms with Crippen LogP contribution in [0.15, 0.2) is 36.4 Å². The minimum absolute atomic E-state index is 0.163. The maximum Gasteiger partial charge on any atom is 0.262 e. The van der Waals surface area contributed by atoms with Crippen molar-refractivity contribution < 1.29 is 14.3 Å². The number of carbonyl (C=O) groups excluding carboxylic acids is 2. The zero-order chi connectivity index (χ0) is 19.3. The Kier molecular flexibility index (Phi) is 6.81. The minimum Gasteiger partial charge on any atom is -0.482 e. The molecule has 5 heteroatoms. The van der Waals surface area contributed by atoms with Crippen molar-refractivity contribution >= 4 is 29.5 Å². The quantitative estimate of drug-likeness (QED) is 0.659. The fraction of sp³-hybridized carbons (Fsp3) is 0.333. The maximum absolute atomic E-state index is 12.4. The summed E-state index contributed by atoms with van der Waals surface area (Å²) in [6.45, 7) is 8.23. The third kappa shape index (κ3) is 4.85. The van der Waals surface area contributed by atoms with Gasteiger partial charge in [-0.25, -0.2) is 0 Å². The number of hydrogen-bond donors (Lipinski definition) is 1. The lowest BCUT2D eigenvalue weighted by Gasteiger charge is -2.20. The molecule has 0 atom stereocenters. The van der Waals surface area contributed by atoms with E-state index < -0.39 is 0 Å². The van der Waals surface area contributed by atoms with Crippen LogP contribution in [0.5, 0.6) is 5.75 Å². The van der Waals surface area contributed by atoms with Crippen LogP contribution in [0.1, 0.15) is 61.0 Å². The molecular formula is C21H24ClNO3. The average Bonchev–Trinajstić information content (AvgIpc) is 2.60. The first-order valence-electron chi connectivity index (χ1n) is 8.63. The first kappa shape index (κ1) is 20.0. The van der Waals surface area contributed by atoms with Crippen LogP contribution in [0.25, 0.3) is 0 Å².